The molecule has 2 aliphatic rings. The number of hydrogen-bond acceptors (Lipinski definition) is 4. The lowest BCUT2D eigenvalue weighted by Crippen LogP contribution is -2.52. The van der Waals surface area contributed by atoms with Crippen molar-refractivity contribution in [2.24, 2.45) is 0 Å². The first-order valence-corrected chi connectivity index (χ1v) is 8.76. The van der Waals surface area contributed by atoms with E-state index in [2.05, 4.69) is 16.1 Å². The van der Waals surface area contributed by atoms with E-state index in [1.54, 1.807) is 0 Å². The Morgan fingerprint density at radius 3 is 2.56 bits per heavy atom. The van der Waals surface area contributed by atoms with Crippen LogP contribution in [0.5, 0.6) is 0 Å². The first-order chi connectivity index (χ1) is 12.0. The summed E-state index contributed by atoms with van der Waals surface area (Å²) in [7, 11) is 0. The van der Waals surface area contributed by atoms with E-state index >= 15 is 0 Å². The Labute approximate surface area is 147 Å². The standard InChI is InChI=1S/C18H24N4O3/c1-13(14-8-4-2-5-9-14)19-12-15(23)21-22-16(24)18(20-17(22)25)10-6-3-7-11-18/h2,4-5,8-9,13,19H,3,6-7,10-12H2,1H3,(H,20,25)(H,21,23)/t13-/m0/s1. The molecule has 0 unspecified atom stereocenters. The van der Waals surface area contributed by atoms with Crippen molar-refractivity contribution in [1.82, 2.24) is 21.1 Å². The Morgan fingerprint density at radius 2 is 1.88 bits per heavy atom. The van der Waals surface area contributed by atoms with Crippen LogP contribution in [0, 0.1) is 0 Å². The summed E-state index contributed by atoms with van der Waals surface area (Å²) in [4.78, 5) is 36.9. The fourth-order valence-corrected chi connectivity index (χ4v) is 3.49. The number of urea groups is 1. The van der Waals surface area contributed by atoms with E-state index in [0.717, 1.165) is 29.8 Å². The van der Waals surface area contributed by atoms with Crippen LogP contribution in [0.1, 0.15) is 50.6 Å². The number of hydrazine groups is 1. The first-order valence-electron chi connectivity index (χ1n) is 8.76. The van der Waals surface area contributed by atoms with Gasteiger partial charge in [0, 0.05) is 6.04 Å². The molecule has 2 fully saturated rings. The molecule has 1 aliphatic carbocycles. The molecule has 1 saturated carbocycles. The molecule has 7 heteroatoms. The lowest BCUT2D eigenvalue weighted by atomic mass is 9.82. The van der Waals surface area contributed by atoms with E-state index in [-0.39, 0.29) is 18.5 Å². The summed E-state index contributed by atoms with van der Waals surface area (Å²) in [5.41, 5.74) is 2.66. The van der Waals surface area contributed by atoms with Gasteiger partial charge in [0.2, 0.25) is 0 Å². The second-order valence-corrected chi connectivity index (χ2v) is 6.76. The molecule has 3 N–H and O–H groups in total. The molecule has 0 bridgehead atoms. The van der Waals surface area contributed by atoms with Gasteiger partial charge >= 0.3 is 6.03 Å². The van der Waals surface area contributed by atoms with Gasteiger partial charge in [0.1, 0.15) is 5.54 Å². The quantitative estimate of drug-likeness (QED) is 0.708. The summed E-state index contributed by atoms with van der Waals surface area (Å²) in [5, 5.41) is 6.69. The number of nitrogens with one attached hydrogen (secondary N) is 3. The molecule has 3 rings (SSSR count). The van der Waals surface area contributed by atoms with Crippen molar-refractivity contribution < 1.29 is 14.4 Å². The van der Waals surface area contributed by atoms with Crippen molar-refractivity contribution in [3.63, 3.8) is 0 Å². The zero-order chi connectivity index (χ0) is 17.9. The predicted octanol–water partition coefficient (Wildman–Crippen LogP) is 1.62. The van der Waals surface area contributed by atoms with Crippen LogP contribution in [0.25, 0.3) is 0 Å². The Morgan fingerprint density at radius 1 is 1.20 bits per heavy atom. The highest BCUT2D eigenvalue weighted by Crippen LogP contribution is 2.32. The van der Waals surface area contributed by atoms with Gasteiger partial charge in [0.25, 0.3) is 11.8 Å². The molecular formula is C18H24N4O3. The van der Waals surface area contributed by atoms with Crippen molar-refractivity contribution >= 4 is 17.8 Å². The molecule has 1 atom stereocenters. The van der Waals surface area contributed by atoms with Gasteiger partial charge in [-0.1, -0.05) is 49.6 Å². The van der Waals surface area contributed by atoms with Crippen molar-refractivity contribution in [3.05, 3.63) is 35.9 Å². The number of rotatable bonds is 5. The SMILES string of the molecule is C[C@H](NCC(=O)NN1C(=O)NC2(CCCCC2)C1=O)c1ccccc1. The van der Waals surface area contributed by atoms with Crippen molar-refractivity contribution in [1.29, 1.82) is 0 Å². The van der Waals surface area contributed by atoms with Gasteiger partial charge in [-0.15, -0.1) is 0 Å². The summed E-state index contributed by atoms with van der Waals surface area (Å²) in [6.45, 7) is 1.97. The molecule has 134 valence electrons. The van der Waals surface area contributed by atoms with Gasteiger partial charge in [-0.3, -0.25) is 15.0 Å². The highest BCUT2D eigenvalue weighted by atomic mass is 16.2. The van der Waals surface area contributed by atoms with Gasteiger partial charge in [0.05, 0.1) is 6.54 Å². The van der Waals surface area contributed by atoms with E-state index in [9.17, 15) is 14.4 Å². The number of amides is 4. The number of imide groups is 1. The lowest BCUT2D eigenvalue weighted by Gasteiger charge is -2.30. The minimum absolute atomic E-state index is 0.0140. The highest BCUT2D eigenvalue weighted by molar-refractivity contribution is 6.08. The third-order valence-electron chi connectivity index (χ3n) is 4.97. The molecule has 1 saturated heterocycles. The van der Waals surface area contributed by atoms with Gasteiger partial charge < -0.3 is 10.6 Å². The molecule has 25 heavy (non-hydrogen) atoms. The Kier molecular flexibility index (Phi) is 5.03. The average Bonchev–Trinajstić information content (AvgIpc) is 2.85. The molecule has 1 aromatic rings. The summed E-state index contributed by atoms with van der Waals surface area (Å²) in [5.74, 6) is -0.763. The number of benzene rings is 1. The Hall–Kier alpha value is -2.41. The summed E-state index contributed by atoms with van der Waals surface area (Å²) in [6, 6.07) is 9.19. The maximum atomic E-state index is 12.6. The molecule has 0 radical (unpaired) electrons. The fraction of sp³-hybridized carbons (Fsp3) is 0.500. The summed E-state index contributed by atoms with van der Waals surface area (Å²) in [6.07, 6.45) is 4.15. The van der Waals surface area contributed by atoms with Crippen LogP contribution in [-0.2, 0) is 9.59 Å². The van der Waals surface area contributed by atoms with Gasteiger partial charge in [-0.25, -0.2) is 4.79 Å². The molecule has 1 heterocycles. The fourth-order valence-electron chi connectivity index (χ4n) is 3.49. The normalized spacial score (nSPS) is 20.4. The predicted molar refractivity (Wildman–Crippen MR) is 92.2 cm³/mol. The van der Waals surface area contributed by atoms with Crippen LogP contribution in [0.3, 0.4) is 0 Å². The minimum Gasteiger partial charge on any atom is -0.322 e. The maximum Gasteiger partial charge on any atom is 0.344 e. The third kappa shape index (κ3) is 3.66. The van der Waals surface area contributed by atoms with E-state index in [1.165, 1.54) is 0 Å². The Bertz CT molecular complexity index is 656. The van der Waals surface area contributed by atoms with Crippen molar-refractivity contribution in [2.75, 3.05) is 6.54 Å². The molecule has 4 amide bonds. The second-order valence-electron chi connectivity index (χ2n) is 6.76. The zero-order valence-corrected chi connectivity index (χ0v) is 14.4. The molecule has 0 aromatic heterocycles. The van der Waals surface area contributed by atoms with E-state index < -0.39 is 17.5 Å². The maximum absolute atomic E-state index is 12.6. The minimum atomic E-state index is -0.826. The third-order valence-corrected chi connectivity index (χ3v) is 4.97. The van der Waals surface area contributed by atoms with Gasteiger partial charge in [-0.05, 0) is 25.3 Å². The number of nitrogens with zero attached hydrogens (tertiary/aromatic N) is 1. The molecule has 1 aliphatic heterocycles. The summed E-state index contributed by atoms with van der Waals surface area (Å²) >= 11 is 0. The van der Waals surface area contributed by atoms with Crippen LogP contribution in [-0.4, -0.2) is 34.9 Å². The van der Waals surface area contributed by atoms with Gasteiger partial charge in [-0.2, -0.15) is 5.01 Å². The van der Waals surface area contributed by atoms with Crippen molar-refractivity contribution in [3.8, 4) is 0 Å². The zero-order valence-electron chi connectivity index (χ0n) is 14.4. The first kappa shape index (κ1) is 17.4. The number of carbonyl (C=O) groups is 3. The monoisotopic (exact) mass is 344 g/mol. The van der Waals surface area contributed by atoms with E-state index in [1.807, 2.05) is 37.3 Å². The van der Waals surface area contributed by atoms with Crippen LogP contribution in [0.15, 0.2) is 30.3 Å². The lowest BCUT2D eigenvalue weighted by molar-refractivity contribution is -0.139. The van der Waals surface area contributed by atoms with Crippen molar-refractivity contribution in [2.45, 2.75) is 50.6 Å². The average molecular weight is 344 g/mol. The van der Waals surface area contributed by atoms with Gasteiger partial charge in [0.15, 0.2) is 0 Å². The van der Waals surface area contributed by atoms with Crippen LogP contribution >= 0.6 is 0 Å². The summed E-state index contributed by atoms with van der Waals surface area (Å²) < 4.78 is 0. The molecular weight excluding hydrogens is 320 g/mol. The van der Waals surface area contributed by atoms with Crippen LogP contribution in [0.2, 0.25) is 0 Å². The molecule has 7 nitrogen and oxygen atoms in total. The highest BCUT2D eigenvalue weighted by Gasteiger charge is 2.52. The van der Waals surface area contributed by atoms with E-state index in [4.69, 9.17) is 0 Å². The Balaban J connectivity index is 1.54. The number of hydrogen-bond donors (Lipinski definition) is 3. The number of carbonyl (C=O) groups excluding carboxylic acids is 3. The van der Waals surface area contributed by atoms with Crippen LogP contribution in [0.4, 0.5) is 4.79 Å². The second kappa shape index (κ2) is 7.23. The molecule has 1 spiro atoms. The van der Waals surface area contributed by atoms with E-state index in [0.29, 0.717) is 12.8 Å². The topological polar surface area (TPSA) is 90.5 Å². The molecule has 1 aromatic carbocycles. The van der Waals surface area contributed by atoms with Crippen LogP contribution < -0.4 is 16.1 Å². The largest absolute Gasteiger partial charge is 0.344 e. The smallest absolute Gasteiger partial charge is 0.322 e.